The van der Waals surface area contributed by atoms with Crippen LogP contribution in [0.3, 0.4) is 0 Å². The van der Waals surface area contributed by atoms with Crippen LogP contribution >= 0.6 is 11.8 Å². The van der Waals surface area contributed by atoms with Gasteiger partial charge in [0, 0.05) is 17.0 Å². The van der Waals surface area contributed by atoms with Gasteiger partial charge in [-0.05, 0) is 26.2 Å². The van der Waals surface area contributed by atoms with Gasteiger partial charge in [-0.1, -0.05) is 18.2 Å². The largest absolute Gasteiger partial charge is 0.494 e. The Morgan fingerprint density at radius 1 is 1.33 bits per heavy atom. The summed E-state index contributed by atoms with van der Waals surface area (Å²) in [5.74, 6) is 0.915. The molecule has 1 aliphatic rings. The summed E-state index contributed by atoms with van der Waals surface area (Å²) >= 11 is 1.60. The van der Waals surface area contributed by atoms with Crippen LogP contribution in [-0.2, 0) is 9.53 Å². The third-order valence-electron chi connectivity index (χ3n) is 3.54. The fraction of sp³-hybridized carbons (Fsp3) is 0.412. The zero-order valence-corrected chi connectivity index (χ0v) is 14.9. The second kappa shape index (κ2) is 8.63. The van der Waals surface area contributed by atoms with Crippen molar-refractivity contribution in [3.05, 3.63) is 41.1 Å². The summed E-state index contributed by atoms with van der Waals surface area (Å²) < 4.78 is 11.0. The first-order valence-corrected chi connectivity index (χ1v) is 9.14. The molecule has 1 heterocycles. The molecular formula is C17H22N2O4S. The second-order valence-corrected chi connectivity index (χ2v) is 6.16. The minimum Gasteiger partial charge on any atom is -0.494 e. The molecule has 1 aromatic rings. The van der Waals surface area contributed by atoms with E-state index >= 15 is 0 Å². The second-order valence-electron chi connectivity index (χ2n) is 5.17. The smallest absolute Gasteiger partial charge is 0.338 e. The highest BCUT2D eigenvalue weighted by molar-refractivity contribution is 7.98. The topological polar surface area (TPSA) is 76.7 Å². The number of benzene rings is 1. The van der Waals surface area contributed by atoms with Gasteiger partial charge >= 0.3 is 12.0 Å². The maximum absolute atomic E-state index is 12.5. The van der Waals surface area contributed by atoms with Crippen molar-refractivity contribution >= 4 is 23.8 Å². The van der Waals surface area contributed by atoms with Crippen molar-refractivity contribution in [3.63, 3.8) is 0 Å². The van der Waals surface area contributed by atoms with Crippen LogP contribution in [0.5, 0.6) is 5.75 Å². The lowest BCUT2D eigenvalue weighted by Crippen LogP contribution is -2.45. The molecule has 0 spiro atoms. The highest BCUT2D eigenvalue weighted by Crippen LogP contribution is 2.33. The summed E-state index contributed by atoms with van der Waals surface area (Å²) in [5, 5.41) is 5.42. The Hall–Kier alpha value is -2.15. The number of carbonyl (C=O) groups is 2. The van der Waals surface area contributed by atoms with Crippen LogP contribution in [0.25, 0.3) is 0 Å². The monoisotopic (exact) mass is 350 g/mol. The molecular weight excluding hydrogens is 328 g/mol. The lowest BCUT2D eigenvalue weighted by Gasteiger charge is -2.29. The van der Waals surface area contributed by atoms with Gasteiger partial charge in [0.2, 0.25) is 0 Å². The van der Waals surface area contributed by atoms with Crippen molar-refractivity contribution < 1.29 is 19.1 Å². The number of esters is 1. The van der Waals surface area contributed by atoms with Crippen LogP contribution < -0.4 is 15.4 Å². The van der Waals surface area contributed by atoms with E-state index in [1.807, 2.05) is 37.4 Å². The molecule has 0 fully saturated rings. The number of ether oxygens (including phenoxy) is 2. The SMILES string of the molecule is CCOc1ccccc1C1NC(=O)NC(C)=C1C(=O)OCCSC. The molecule has 1 aromatic carbocycles. The first-order chi connectivity index (χ1) is 11.6. The van der Waals surface area contributed by atoms with Crippen LogP contribution in [-0.4, -0.2) is 37.2 Å². The van der Waals surface area contributed by atoms with Gasteiger partial charge in [0.1, 0.15) is 12.4 Å². The number of amides is 2. The Labute approximate surface area is 146 Å². The molecule has 2 amide bonds. The molecule has 0 aromatic heterocycles. The van der Waals surface area contributed by atoms with E-state index < -0.39 is 12.0 Å². The molecule has 2 rings (SSSR count). The Morgan fingerprint density at radius 2 is 2.08 bits per heavy atom. The highest BCUT2D eigenvalue weighted by atomic mass is 32.2. The number of nitrogens with one attached hydrogen (secondary N) is 2. The summed E-state index contributed by atoms with van der Waals surface area (Å²) in [4.78, 5) is 24.4. The number of urea groups is 1. The molecule has 1 atom stereocenters. The van der Waals surface area contributed by atoms with Gasteiger partial charge in [0.25, 0.3) is 0 Å². The molecule has 2 N–H and O–H groups in total. The van der Waals surface area contributed by atoms with Gasteiger partial charge in [-0.2, -0.15) is 11.8 Å². The standard InChI is InChI=1S/C17H22N2O4S/c1-4-22-13-8-6-5-7-12(13)15-14(11(2)18-17(21)19-15)16(20)23-9-10-24-3/h5-8,15H,4,9-10H2,1-3H3,(H2,18,19,21). The molecule has 6 nitrogen and oxygen atoms in total. The summed E-state index contributed by atoms with van der Waals surface area (Å²) in [7, 11) is 0. The van der Waals surface area contributed by atoms with Crippen LogP contribution in [0.2, 0.25) is 0 Å². The van der Waals surface area contributed by atoms with Gasteiger partial charge in [0.15, 0.2) is 0 Å². The minimum atomic E-state index is -0.608. The molecule has 7 heteroatoms. The Morgan fingerprint density at radius 3 is 2.79 bits per heavy atom. The molecule has 0 saturated heterocycles. The number of rotatable bonds is 7. The lowest BCUT2D eigenvalue weighted by atomic mass is 9.95. The Balaban J connectivity index is 2.36. The molecule has 0 saturated carbocycles. The van der Waals surface area contributed by atoms with Crippen molar-refractivity contribution in [2.45, 2.75) is 19.9 Å². The van der Waals surface area contributed by atoms with E-state index in [4.69, 9.17) is 9.47 Å². The van der Waals surface area contributed by atoms with E-state index in [0.29, 0.717) is 30.2 Å². The average molecular weight is 350 g/mol. The van der Waals surface area contributed by atoms with E-state index in [9.17, 15) is 9.59 Å². The summed E-state index contributed by atoms with van der Waals surface area (Å²) in [6.45, 7) is 4.40. The Bertz CT molecular complexity index is 645. The molecule has 130 valence electrons. The third kappa shape index (κ3) is 4.23. The number of hydrogen-bond acceptors (Lipinski definition) is 5. The van der Waals surface area contributed by atoms with Gasteiger partial charge < -0.3 is 20.1 Å². The molecule has 1 unspecified atom stereocenters. The van der Waals surface area contributed by atoms with Crippen molar-refractivity contribution in [2.24, 2.45) is 0 Å². The fourth-order valence-electron chi connectivity index (χ4n) is 2.50. The number of allylic oxidation sites excluding steroid dienone is 1. The predicted molar refractivity (Wildman–Crippen MR) is 94.1 cm³/mol. The van der Waals surface area contributed by atoms with Gasteiger partial charge in [-0.15, -0.1) is 0 Å². The van der Waals surface area contributed by atoms with Crippen molar-refractivity contribution in [2.75, 3.05) is 25.2 Å². The highest BCUT2D eigenvalue weighted by Gasteiger charge is 2.33. The van der Waals surface area contributed by atoms with Crippen LogP contribution in [0, 0.1) is 0 Å². The zero-order valence-electron chi connectivity index (χ0n) is 14.0. The summed E-state index contributed by atoms with van der Waals surface area (Å²) in [6.07, 6.45) is 1.95. The first kappa shape index (κ1) is 18.2. The van der Waals surface area contributed by atoms with Crippen LogP contribution in [0.4, 0.5) is 4.79 Å². The van der Waals surface area contributed by atoms with Crippen molar-refractivity contribution in [1.29, 1.82) is 0 Å². The fourth-order valence-corrected chi connectivity index (χ4v) is 2.75. The summed E-state index contributed by atoms with van der Waals surface area (Å²) in [6, 6.07) is 6.39. The van der Waals surface area contributed by atoms with Crippen molar-refractivity contribution in [3.8, 4) is 5.75 Å². The normalized spacial score (nSPS) is 17.1. The van der Waals surface area contributed by atoms with Gasteiger partial charge in [0.05, 0.1) is 18.2 Å². The lowest BCUT2D eigenvalue weighted by molar-refractivity contribution is -0.138. The third-order valence-corrected chi connectivity index (χ3v) is 4.11. The number of carbonyl (C=O) groups excluding carboxylic acids is 2. The van der Waals surface area contributed by atoms with Crippen LogP contribution in [0.15, 0.2) is 35.5 Å². The van der Waals surface area contributed by atoms with E-state index in [-0.39, 0.29) is 6.03 Å². The average Bonchev–Trinajstić information content (AvgIpc) is 2.55. The maximum Gasteiger partial charge on any atom is 0.338 e. The van der Waals surface area contributed by atoms with Gasteiger partial charge in [-0.3, -0.25) is 0 Å². The van der Waals surface area contributed by atoms with E-state index in [0.717, 1.165) is 11.3 Å². The molecule has 24 heavy (non-hydrogen) atoms. The molecule has 0 aliphatic carbocycles. The van der Waals surface area contributed by atoms with Crippen LogP contribution in [0.1, 0.15) is 25.5 Å². The molecule has 1 aliphatic heterocycles. The van der Waals surface area contributed by atoms with E-state index in [1.54, 1.807) is 18.7 Å². The first-order valence-electron chi connectivity index (χ1n) is 7.74. The minimum absolute atomic E-state index is 0.324. The van der Waals surface area contributed by atoms with E-state index in [1.165, 1.54) is 0 Å². The molecule has 0 bridgehead atoms. The predicted octanol–water partition coefficient (Wildman–Crippen LogP) is 2.62. The number of thioether (sulfide) groups is 1. The Kier molecular flexibility index (Phi) is 6.54. The summed E-state index contributed by atoms with van der Waals surface area (Å²) in [5.41, 5.74) is 1.61. The van der Waals surface area contributed by atoms with Gasteiger partial charge in [-0.25, -0.2) is 9.59 Å². The number of para-hydroxylation sites is 1. The quantitative estimate of drug-likeness (QED) is 0.584. The maximum atomic E-state index is 12.5. The van der Waals surface area contributed by atoms with Crippen molar-refractivity contribution in [1.82, 2.24) is 10.6 Å². The number of hydrogen-bond donors (Lipinski definition) is 2. The zero-order chi connectivity index (χ0) is 17.5. The van der Waals surface area contributed by atoms with E-state index in [2.05, 4.69) is 10.6 Å². The molecule has 0 radical (unpaired) electrons.